The van der Waals surface area contributed by atoms with E-state index in [1.165, 1.54) is 67.1 Å². The lowest BCUT2D eigenvalue weighted by molar-refractivity contribution is -0.114. The number of amides is 2. The molecule has 2 fully saturated rings. The van der Waals surface area contributed by atoms with Gasteiger partial charge in [0.1, 0.15) is 0 Å². The first-order valence-electron chi connectivity index (χ1n) is 16.4. The first kappa shape index (κ1) is 37.0. The molecule has 0 atom stereocenters. The Morgan fingerprint density at radius 2 is 0.926 bits per heavy atom. The van der Waals surface area contributed by atoms with Crippen LogP contribution in [0.5, 0.6) is 0 Å². The Morgan fingerprint density at radius 1 is 0.556 bits per heavy atom. The van der Waals surface area contributed by atoms with E-state index in [4.69, 9.17) is 57.6 Å². The van der Waals surface area contributed by atoms with Crippen LogP contribution in [0.3, 0.4) is 0 Å². The summed E-state index contributed by atoms with van der Waals surface area (Å²) in [5, 5.41) is 6.28. The summed E-state index contributed by atoms with van der Waals surface area (Å²) in [6.07, 6.45) is 5.39. The average Bonchev–Trinajstić information content (AvgIpc) is 3.97. The number of hydrogen-bond acceptors (Lipinski definition) is 10. The number of aryl methyl sites for hydroxylation is 2. The standard InChI is InChI=1S/C40H24Cl2N4O2S6/c41-29-15-7-25(8-16-29)19-33-35(47)45(39(49)53-33)37-43-31(21-51-37)27-11-3-23(4-12-27)1-2-24-5-13-28(14-6-24)32-22-52-38(44-32)46-36(48)34(54-40(46)50)20-26-9-17-30(42)18-10-26/h3-22H,1-2H2/b33-19+,34-20+. The molecule has 2 saturated heterocycles. The van der Waals surface area contributed by atoms with E-state index < -0.39 is 0 Å². The van der Waals surface area contributed by atoms with Crippen LogP contribution in [0.15, 0.2) is 118 Å². The van der Waals surface area contributed by atoms with Gasteiger partial charge in [0.2, 0.25) is 0 Å². The van der Waals surface area contributed by atoms with Gasteiger partial charge < -0.3 is 0 Å². The Balaban J connectivity index is 0.872. The van der Waals surface area contributed by atoms with Crippen molar-refractivity contribution in [3.05, 3.63) is 150 Å². The van der Waals surface area contributed by atoms with E-state index >= 15 is 0 Å². The topological polar surface area (TPSA) is 66.4 Å². The number of carbonyl (C=O) groups is 2. The summed E-state index contributed by atoms with van der Waals surface area (Å²) in [6, 6.07) is 31.3. The fourth-order valence-electron chi connectivity index (χ4n) is 5.66. The van der Waals surface area contributed by atoms with Gasteiger partial charge in [-0.25, -0.2) is 19.8 Å². The van der Waals surface area contributed by atoms with E-state index in [-0.39, 0.29) is 11.8 Å². The molecule has 6 aromatic rings. The van der Waals surface area contributed by atoms with Gasteiger partial charge in [-0.05, 0) is 71.5 Å². The molecule has 4 heterocycles. The Morgan fingerprint density at radius 3 is 1.30 bits per heavy atom. The predicted octanol–water partition coefficient (Wildman–Crippen LogP) is 11.8. The lowest BCUT2D eigenvalue weighted by Crippen LogP contribution is -2.27. The molecule has 0 saturated carbocycles. The fraction of sp³-hybridized carbons (Fsp3) is 0.0500. The second-order valence-electron chi connectivity index (χ2n) is 12.1. The van der Waals surface area contributed by atoms with Crippen molar-refractivity contribution in [3.8, 4) is 22.5 Å². The molecule has 0 N–H and O–H groups in total. The lowest BCUT2D eigenvalue weighted by Gasteiger charge is -2.09. The Labute approximate surface area is 348 Å². The number of thioether (sulfide) groups is 2. The highest BCUT2D eigenvalue weighted by atomic mass is 35.5. The molecule has 4 aromatic carbocycles. The zero-order valence-electron chi connectivity index (χ0n) is 27.8. The van der Waals surface area contributed by atoms with Gasteiger partial charge in [-0.2, -0.15) is 0 Å². The molecule has 8 rings (SSSR count). The van der Waals surface area contributed by atoms with E-state index in [9.17, 15) is 9.59 Å². The minimum Gasteiger partial charge on any atom is -0.268 e. The van der Waals surface area contributed by atoms with Crippen LogP contribution >= 0.6 is 93.8 Å². The molecule has 2 amide bonds. The number of nitrogens with zero attached hydrogens (tertiary/aromatic N) is 4. The third-order valence-corrected chi connectivity index (χ3v) is 13.3. The van der Waals surface area contributed by atoms with E-state index in [0.717, 1.165) is 46.5 Å². The Hall–Kier alpha value is -3.98. The summed E-state index contributed by atoms with van der Waals surface area (Å²) in [4.78, 5) is 40.2. The number of halogens is 2. The highest BCUT2D eigenvalue weighted by Crippen LogP contribution is 2.40. The summed E-state index contributed by atoms with van der Waals surface area (Å²) in [6.45, 7) is 0. The van der Waals surface area contributed by atoms with Gasteiger partial charge in [0.25, 0.3) is 11.8 Å². The monoisotopic (exact) mass is 854 g/mol. The molecule has 0 radical (unpaired) electrons. The van der Waals surface area contributed by atoms with Crippen molar-refractivity contribution in [1.29, 1.82) is 0 Å². The van der Waals surface area contributed by atoms with Crippen molar-refractivity contribution in [2.45, 2.75) is 12.8 Å². The predicted molar refractivity (Wildman–Crippen MR) is 237 cm³/mol. The normalized spacial score (nSPS) is 16.1. The third-order valence-electron chi connectivity index (χ3n) is 8.49. The number of anilines is 2. The summed E-state index contributed by atoms with van der Waals surface area (Å²) >= 11 is 28.5. The smallest absolute Gasteiger partial charge is 0.268 e. The number of thiazole rings is 2. The van der Waals surface area contributed by atoms with Crippen LogP contribution in [-0.4, -0.2) is 30.4 Å². The van der Waals surface area contributed by atoms with Crippen LogP contribution in [0.1, 0.15) is 22.3 Å². The number of thiocarbonyl (C=S) groups is 2. The molecule has 6 nitrogen and oxygen atoms in total. The van der Waals surface area contributed by atoms with Crippen molar-refractivity contribution in [1.82, 2.24) is 9.97 Å². The third kappa shape index (κ3) is 8.02. The second-order valence-corrected chi connectivity index (χ2v) is 18.0. The van der Waals surface area contributed by atoms with Gasteiger partial charge in [-0.3, -0.25) is 9.59 Å². The summed E-state index contributed by atoms with van der Waals surface area (Å²) in [5.41, 5.74) is 7.70. The highest BCUT2D eigenvalue weighted by molar-refractivity contribution is 8.27. The summed E-state index contributed by atoms with van der Waals surface area (Å²) in [7, 11) is 0. The van der Waals surface area contributed by atoms with Gasteiger partial charge in [-0.1, -0.05) is 144 Å². The van der Waals surface area contributed by atoms with Crippen LogP contribution in [-0.2, 0) is 22.4 Å². The van der Waals surface area contributed by atoms with Gasteiger partial charge in [0.15, 0.2) is 18.9 Å². The maximum Gasteiger partial charge on any atom is 0.272 e. The number of carbonyl (C=O) groups excluding carboxylic acids is 2. The van der Waals surface area contributed by atoms with Gasteiger partial charge in [0, 0.05) is 31.9 Å². The van der Waals surface area contributed by atoms with Crippen LogP contribution in [0.4, 0.5) is 10.3 Å². The van der Waals surface area contributed by atoms with Crippen molar-refractivity contribution >= 4 is 137 Å². The first-order chi connectivity index (χ1) is 26.2. The largest absolute Gasteiger partial charge is 0.272 e. The molecule has 2 aliphatic rings. The quantitative estimate of drug-likeness (QED) is 0.105. The Bertz CT molecular complexity index is 2320. The molecule has 2 aliphatic heterocycles. The molecule has 0 unspecified atom stereocenters. The van der Waals surface area contributed by atoms with E-state index in [0.29, 0.717) is 38.8 Å². The maximum atomic E-state index is 13.3. The first-order valence-corrected chi connectivity index (χ1v) is 21.3. The van der Waals surface area contributed by atoms with Gasteiger partial charge in [0.05, 0.1) is 21.2 Å². The second kappa shape index (κ2) is 16.0. The van der Waals surface area contributed by atoms with Crippen molar-refractivity contribution in [2.75, 3.05) is 9.80 Å². The molecule has 266 valence electrons. The fourth-order valence-corrected chi connectivity index (χ4v) is 10.3. The molecule has 2 aromatic heterocycles. The average molecular weight is 856 g/mol. The van der Waals surface area contributed by atoms with Crippen LogP contribution in [0, 0.1) is 0 Å². The zero-order chi connectivity index (χ0) is 37.3. The summed E-state index contributed by atoms with van der Waals surface area (Å²) < 4.78 is 0.919. The lowest BCUT2D eigenvalue weighted by atomic mass is 10.0. The summed E-state index contributed by atoms with van der Waals surface area (Å²) in [5.74, 6) is -0.360. The van der Waals surface area contributed by atoms with E-state index in [1.54, 1.807) is 24.3 Å². The SMILES string of the molecule is O=C1/C(=C\c2ccc(Cl)cc2)SC(=S)N1c1nc(-c2ccc(CCc3ccc(-c4csc(N5C(=O)/C(=C\c6ccc(Cl)cc6)SC5=S)n4)cc3)cc2)cs1. The highest BCUT2D eigenvalue weighted by Gasteiger charge is 2.36. The van der Waals surface area contributed by atoms with Crippen LogP contribution in [0.2, 0.25) is 10.0 Å². The molecule has 0 aliphatic carbocycles. The minimum atomic E-state index is -0.180. The molecular formula is C40H24Cl2N4O2S6. The maximum absolute atomic E-state index is 13.3. The van der Waals surface area contributed by atoms with Gasteiger partial charge >= 0.3 is 0 Å². The number of rotatable bonds is 9. The van der Waals surface area contributed by atoms with E-state index in [2.05, 4.69) is 48.5 Å². The van der Waals surface area contributed by atoms with Crippen molar-refractivity contribution in [2.24, 2.45) is 0 Å². The Kier molecular flexibility index (Phi) is 11.0. The van der Waals surface area contributed by atoms with Crippen LogP contribution in [0.25, 0.3) is 34.7 Å². The number of aromatic nitrogens is 2. The molecule has 0 spiro atoms. The number of hydrogen-bond donors (Lipinski definition) is 0. The molecular weight excluding hydrogens is 832 g/mol. The number of benzene rings is 4. The van der Waals surface area contributed by atoms with E-state index in [1.807, 2.05) is 47.2 Å². The van der Waals surface area contributed by atoms with Crippen LogP contribution < -0.4 is 9.80 Å². The molecule has 54 heavy (non-hydrogen) atoms. The van der Waals surface area contributed by atoms with Gasteiger partial charge in [-0.15, -0.1) is 22.7 Å². The van der Waals surface area contributed by atoms with Crippen molar-refractivity contribution < 1.29 is 9.59 Å². The van der Waals surface area contributed by atoms with Crippen molar-refractivity contribution in [3.63, 3.8) is 0 Å². The minimum absolute atomic E-state index is 0.180. The zero-order valence-corrected chi connectivity index (χ0v) is 34.2. The molecule has 0 bridgehead atoms. The molecule has 14 heteroatoms.